The van der Waals surface area contributed by atoms with Crippen molar-refractivity contribution in [1.29, 1.82) is 0 Å². The van der Waals surface area contributed by atoms with Gasteiger partial charge in [-0.05, 0) is 24.0 Å². The highest BCUT2D eigenvalue weighted by Crippen LogP contribution is 2.08. The summed E-state index contributed by atoms with van der Waals surface area (Å²) < 4.78 is 3.71. The van der Waals surface area contributed by atoms with E-state index in [9.17, 15) is 0 Å². The third kappa shape index (κ3) is 7.87. The smallest absolute Gasteiger partial charge is 0.197 e. The average molecular weight is 537 g/mol. The summed E-state index contributed by atoms with van der Waals surface area (Å²) in [7, 11) is 0. The quantitative estimate of drug-likeness (QED) is 0.207. The van der Waals surface area contributed by atoms with Gasteiger partial charge in [-0.1, -0.05) is 71.1 Å². The Kier molecular flexibility index (Phi) is 8.57. The molecule has 6 N–H and O–H groups in total. The van der Waals surface area contributed by atoms with Crippen LogP contribution in [-0.4, -0.2) is 49.9 Å². The van der Waals surface area contributed by atoms with Crippen LogP contribution >= 0.6 is 0 Å². The Bertz CT molecular complexity index is 1580. The van der Waals surface area contributed by atoms with Crippen molar-refractivity contribution in [1.82, 2.24) is 49.9 Å². The van der Waals surface area contributed by atoms with Crippen LogP contribution in [0.4, 0.5) is 11.9 Å². The molecule has 0 spiro atoms. The fraction of sp³-hybridized carbons (Fsp3) is 0.214. The number of hydrogen-bond donors (Lipinski definition) is 4. The van der Waals surface area contributed by atoms with Crippen molar-refractivity contribution in [3.05, 3.63) is 119 Å². The zero-order valence-corrected chi connectivity index (χ0v) is 22.1. The zero-order chi connectivity index (χ0) is 27.6. The van der Waals surface area contributed by atoms with Gasteiger partial charge < -0.3 is 21.4 Å². The molecule has 0 saturated carbocycles. The number of benzene rings is 2. The van der Waals surface area contributed by atoms with Crippen LogP contribution in [0, 0.1) is 0 Å². The highest BCUT2D eigenvalue weighted by molar-refractivity contribution is 5.22. The predicted octanol–water partition coefficient (Wildman–Crippen LogP) is 3.03. The number of H-pyrrole nitrogens is 2. The summed E-state index contributed by atoms with van der Waals surface area (Å²) in [5.41, 5.74) is 17.3. The number of imidazole rings is 2. The van der Waals surface area contributed by atoms with Gasteiger partial charge in [0.2, 0.25) is 0 Å². The number of hydrogen-bond acceptors (Lipinski definition) is 8. The molecule has 12 heteroatoms. The van der Waals surface area contributed by atoms with Crippen molar-refractivity contribution in [2.75, 3.05) is 11.5 Å². The Morgan fingerprint density at radius 1 is 0.650 bits per heavy atom. The molecule has 0 saturated heterocycles. The van der Waals surface area contributed by atoms with Crippen molar-refractivity contribution in [2.45, 2.75) is 38.8 Å². The minimum Gasteiger partial charge on any atom is -0.369 e. The monoisotopic (exact) mass is 536 g/mol. The van der Waals surface area contributed by atoms with Crippen molar-refractivity contribution >= 4 is 11.9 Å². The van der Waals surface area contributed by atoms with Gasteiger partial charge in [0.1, 0.15) is 0 Å². The van der Waals surface area contributed by atoms with Gasteiger partial charge in [0.15, 0.2) is 11.9 Å². The van der Waals surface area contributed by atoms with E-state index in [1.807, 2.05) is 46.0 Å². The number of nitrogen functional groups attached to an aromatic ring is 2. The normalized spacial score (nSPS) is 10.8. The highest BCUT2D eigenvalue weighted by atomic mass is 15.4. The second-order valence-corrected chi connectivity index (χ2v) is 9.40. The van der Waals surface area contributed by atoms with Crippen LogP contribution in [0.2, 0.25) is 0 Å². The van der Waals surface area contributed by atoms with E-state index in [2.05, 4.69) is 77.0 Å². The van der Waals surface area contributed by atoms with Crippen LogP contribution in [0.5, 0.6) is 0 Å². The van der Waals surface area contributed by atoms with Crippen molar-refractivity contribution < 1.29 is 0 Å². The fourth-order valence-electron chi connectivity index (χ4n) is 4.21. The average Bonchev–Trinajstić information content (AvgIpc) is 3.77. The third-order valence-electron chi connectivity index (χ3n) is 6.09. The maximum absolute atomic E-state index is 5.55. The third-order valence-corrected chi connectivity index (χ3v) is 6.09. The van der Waals surface area contributed by atoms with Crippen LogP contribution < -0.4 is 11.5 Å². The molecule has 4 aromatic heterocycles. The van der Waals surface area contributed by atoms with E-state index in [0.717, 1.165) is 48.7 Å². The molecule has 6 aromatic rings. The molecule has 4 heterocycles. The minimum absolute atomic E-state index is 0.423. The summed E-state index contributed by atoms with van der Waals surface area (Å²) in [6.07, 6.45) is 10.8. The molecule has 0 radical (unpaired) electrons. The Balaban J connectivity index is 0.000000162. The Hall–Kier alpha value is -5.26. The molecule has 0 aliphatic heterocycles. The van der Waals surface area contributed by atoms with Crippen LogP contribution in [0.1, 0.15) is 40.3 Å². The fourth-order valence-corrected chi connectivity index (χ4v) is 4.21. The lowest BCUT2D eigenvalue weighted by Gasteiger charge is -2.01. The van der Waals surface area contributed by atoms with Gasteiger partial charge in [-0.15, -0.1) is 10.2 Å². The van der Waals surface area contributed by atoms with Crippen molar-refractivity contribution in [3.63, 3.8) is 0 Å². The number of aromatic amines is 2. The topological polar surface area (TPSA) is 171 Å². The summed E-state index contributed by atoms with van der Waals surface area (Å²) in [5.74, 6) is 0.854. The SMILES string of the molecule is Nc1ncc(Cc2cn(CCCc3ccccc3)nn2)[nH]1.Nc1ncc(Cc2cn(Cc3ccccc3)nn2)[nH]1. The first kappa shape index (κ1) is 26.4. The molecular weight excluding hydrogens is 504 g/mol. The molecule has 40 heavy (non-hydrogen) atoms. The molecule has 0 atom stereocenters. The lowest BCUT2D eigenvalue weighted by atomic mass is 10.1. The molecule has 0 amide bonds. The molecule has 12 nitrogen and oxygen atoms in total. The van der Waals surface area contributed by atoms with Gasteiger partial charge in [-0.3, -0.25) is 4.68 Å². The van der Waals surface area contributed by atoms with E-state index >= 15 is 0 Å². The van der Waals surface area contributed by atoms with Gasteiger partial charge in [0.05, 0.1) is 30.3 Å². The maximum Gasteiger partial charge on any atom is 0.197 e. The van der Waals surface area contributed by atoms with Gasteiger partial charge in [0.25, 0.3) is 0 Å². The Morgan fingerprint density at radius 2 is 1.18 bits per heavy atom. The van der Waals surface area contributed by atoms with E-state index in [1.54, 1.807) is 12.4 Å². The summed E-state index contributed by atoms with van der Waals surface area (Å²) in [4.78, 5) is 13.9. The molecule has 0 unspecified atom stereocenters. The number of aryl methyl sites for hydroxylation is 2. The standard InChI is InChI=1S/C15H18N6.C13H14N6/c16-15-17-10-13(18-15)9-14-11-21(20-19-14)8-4-7-12-5-2-1-3-6-12;14-13-15-7-11(16-13)6-12-9-19(18-17-12)8-10-4-2-1-3-5-10/h1-3,5-6,10-11H,4,7-9H2,(H3,16,17,18);1-5,7,9H,6,8H2,(H3,14,15,16). The first-order valence-electron chi connectivity index (χ1n) is 13.0. The highest BCUT2D eigenvalue weighted by Gasteiger charge is 2.06. The Labute approximate surface area is 231 Å². The molecular formula is C28H32N12. The first-order valence-corrected chi connectivity index (χ1v) is 13.0. The molecule has 6 rings (SSSR count). The second-order valence-electron chi connectivity index (χ2n) is 9.40. The summed E-state index contributed by atoms with van der Waals surface area (Å²) in [6, 6.07) is 20.6. The second kappa shape index (κ2) is 13.0. The zero-order valence-electron chi connectivity index (χ0n) is 22.1. The molecule has 2 aromatic carbocycles. The number of nitrogens with one attached hydrogen (secondary N) is 2. The van der Waals surface area contributed by atoms with Crippen molar-refractivity contribution in [3.8, 4) is 0 Å². The van der Waals surface area contributed by atoms with Gasteiger partial charge in [-0.25, -0.2) is 14.6 Å². The molecule has 204 valence electrons. The largest absolute Gasteiger partial charge is 0.369 e. The van der Waals surface area contributed by atoms with Crippen LogP contribution in [0.15, 0.2) is 85.5 Å². The first-order chi connectivity index (χ1) is 19.6. The number of anilines is 2. The van der Waals surface area contributed by atoms with Gasteiger partial charge >= 0.3 is 0 Å². The van der Waals surface area contributed by atoms with Crippen LogP contribution in [0.25, 0.3) is 0 Å². The number of aromatic nitrogens is 10. The maximum atomic E-state index is 5.55. The predicted molar refractivity (Wildman–Crippen MR) is 152 cm³/mol. The minimum atomic E-state index is 0.423. The van der Waals surface area contributed by atoms with E-state index < -0.39 is 0 Å². The van der Waals surface area contributed by atoms with Gasteiger partial charge in [0, 0.05) is 43.2 Å². The summed E-state index contributed by atoms with van der Waals surface area (Å²) >= 11 is 0. The van der Waals surface area contributed by atoms with E-state index in [0.29, 0.717) is 24.7 Å². The molecule has 0 aliphatic carbocycles. The number of nitrogens with two attached hydrogens (primary N) is 2. The van der Waals surface area contributed by atoms with Crippen LogP contribution in [0.3, 0.4) is 0 Å². The summed E-state index contributed by atoms with van der Waals surface area (Å²) in [6.45, 7) is 1.59. The number of rotatable bonds is 10. The van der Waals surface area contributed by atoms with E-state index in [-0.39, 0.29) is 0 Å². The van der Waals surface area contributed by atoms with Gasteiger partial charge in [-0.2, -0.15) is 0 Å². The summed E-state index contributed by atoms with van der Waals surface area (Å²) in [5, 5.41) is 16.6. The van der Waals surface area contributed by atoms with E-state index in [1.165, 1.54) is 11.1 Å². The number of nitrogens with zero attached hydrogens (tertiary/aromatic N) is 8. The molecule has 0 fully saturated rings. The molecule has 0 aliphatic rings. The lowest BCUT2D eigenvalue weighted by Crippen LogP contribution is -2.00. The van der Waals surface area contributed by atoms with Crippen LogP contribution in [-0.2, 0) is 32.4 Å². The lowest BCUT2D eigenvalue weighted by molar-refractivity contribution is 0.558. The molecule has 0 bridgehead atoms. The van der Waals surface area contributed by atoms with Crippen molar-refractivity contribution in [2.24, 2.45) is 0 Å². The van der Waals surface area contributed by atoms with E-state index in [4.69, 9.17) is 11.5 Å². The Morgan fingerprint density at radius 3 is 1.73 bits per heavy atom.